The molecule has 1 aromatic heterocycles. The van der Waals surface area contributed by atoms with Crippen molar-refractivity contribution < 1.29 is 0 Å². The highest BCUT2D eigenvalue weighted by Crippen LogP contribution is 2.31. The predicted octanol–water partition coefficient (Wildman–Crippen LogP) is 3.47. The third-order valence-corrected chi connectivity index (χ3v) is 3.73. The Hall–Kier alpha value is -1.55. The Bertz CT molecular complexity index is 523. The number of nitrogens with zero attached hydrogens (tertiary/aromatic N) is 2. The van der Waals surface area contributed by atoms with Crippen LogP contribution in [0.5, 0.6) is 0 Å². The van der Waals surface area contributed by atoms with Gasteiger partial charge in [0.2, 0.25) is 0 Å². The topological polar surface area (TPSA) is 51.8 Å². The molecular weight excluding hydrogens is 242 g/mol. The van der Waals surface area contributed by atoms with Crippen LogP contribution in [0, 0.1) is 6.92 Å². The lowest BCUT2D eigenvalue weighted by Crippen LogP contribution is -2.01. The Morgan fingerprint density at radius 2 is 1.89 bits per heavy atom. The van der Waals surface area contributed by atoms with E-state index in [9.17, 15) is 0 Å². The minimum absolute atomic E-state index is 0.599. The van der Waals surface area contributed by atoms with Gasteiger partial charge in [-0.25, -0.2) is 9.97 Å². The van der Waals surface area contributed by atoms with Gasteiger partial charge in [0.05, 0.1) is 0 Å². The second-order valence-electron chi connectivity index (χ2n) is 4.21. The Labute approximate surface area is 112 Å². The molecule has 2 N–H and O–H groups in total. The minimum Gasteiger partial charge on any atom is -0.383 e. The molecule has 0 atom stereocenters. The summed E-state index contributed by atoms with van der Waals surface area (Å²) in [7, 11) is 0. The van der Waals surface area contributed by atoms with Gasteiger partial charge in [-0.15, -0.1) is 0 Å². The smallest absolute Gasteiger partial charge is 0.131 e. The average Bonchev–Trinajstić information content (AvgIpc) is 2.36. The van der Waals surface area contributed by atoms with Crippen molar-refractivity contribution in [3.63, 3.8) is 0 Å². The van der Waals surface area contributed by atoms with E-state index in [1.165, 1.54) is 16.8 Å². The summed E-state index contributed by atoms with van der Waals surface area (Å²) in [6.45, 7) is 4.21. The Morgan fingerprint density at radius 3 is 2.56 bits per heavy atom. The van der Waals surface area contributed by atoms with E-state index < -0.39 is 0 Å². The van der Waals surface area contributed by atoms with Gasteiger partial charge >= 0.3 is 0 Å². The number of anilines is 1. The molecule has 1 aromatic carbocycles. The Kier molecular flexibility index (Phi) is 4.20. The molecule has 0 saturated carbocycles. The number of nitrogens with two attached hydrogens (primary N) is 1. The van der Waals surface area contributed by atoms with Crippen molar-refractivity contribution >= 4 is 17.6 Å². The molecule has 0 aliphatic rings. The number of benzene rings is 1. The molecule has 0 radical (unpaired) electrons. The quantitative estimate of drug-likeness (QED) is 0.854. The van der Waals surface area contributed by atoms with Crippen LogP contribution in [0.2, 0.25) is 0 Å². The molecule has 3 nitrogen and oxygen atoms in total. The fraction of sp³-hybridized carbons (Fsp3) is 0.286. The molecule has 0 saturated heterocycles. The molecule has 1 heterocycles. The van der Waals surface area contributed by atoms with Crippen LogP contribution in [0.15, 0.2) is 40.5 Å². The van der Waals surface area contributed by atoms with Crippen LogP contribution in [0.3, 0.4) is 0 Å². The Morgan fingerprint density at radius 1 is 1.17 bits per heavy atom. The zero-order chi connectivity index (χ0) is 13.0. The van der Waals surface area contributed by atoms with Gasteiger partial charge in [0.15, 0.2) is 0 Å². The van der Waals surface area contributed by atoms with Gasteiger partial charge in [0, 0.05) is 10.5 Å². The van der Waals surface area contributed by atoms with Crippen molar-refractivity contribution in [3.05, 3.63) is 41.7 Å². The fourth-order valence-corrected chi connectivity index (χ4v) is 2.62. The molecule has 0 amide bonds. The SMILES string of the molecule is CCCc1c(N)ncnc1Sc1ccc(C)cc1. The number of rotatable bonds is 4. The van der Waals surface area contributed by atoms with E-state index in [4.69, 9.17) is 5.73 Å². The van der Waals surface area contributed by atoms with E-state index in [-0.39, 0.29) is 0 Å². The number of nitrogen functional groups attached to an aromatic ring is 1. The number of aromatic nitrogens is 2. The zero-order valence-corrected chi connectivity index (χ0v) is 11.5. The Balaban J connectivity index is 2.28. The predicted molar refractivity (Wildman–Crippen MR) is 75.7 cm³/mol. The van der Waals surface area contributed by atoms with Crippen molar-refractivity contribution in [3.8, 4) is 0 Å². The molecule has 0 aliphatic carbocycles. The average molecular weight is 259 g/mol. The first-order chi connectivity index (χ1) is 8.70. The van der Waals surface area contributed by atoms with E-state index in [2.05, 4.69) is 48.1 Å². The highest BCUT2D eigenvalue weighted by Gasteiger charge is 2.09. The number of aryl methyl sites for hydroxylation is 1. The van der Waals surface area contributed by atoms with Gasteiger partial charge in [-0.2, -0.15) is 0 Å². The van der Waals surface area contributed by atoms with Crippen LogP contribution in [0.25, 0.3) is 0 Å². The van der Waals surface area contributed by atoms with E-state index in [0.717, 1.165) is 23.4 Å². The largest absolute Gasteiger partial charge is 0.383 e. The summed E-state index contributed by atoms with van der Waals surface area (Å²) in [4.78, 5) is 9.59. The highest BCUT2D eigenvalue weighted by atomic mass is 32.2. The first-order valence-electron chi connectivity index (χ1n) is 6.04. The first kappa shape index (κ1) is 12.9. The van der Waals surface area contributed by atoms with Gasteiger partial charge in [0.25, 0.3) is 0 Å². The van der Waals surface area contributed by atoms with Crippen LogP contribution in [0.1, 0.15) is 24.5 Å². The second-order valence-corrected chi connectivity index (χ2v) is 5.27. The van der Waals surface area contributed by atoms with Gasteiger partial charge < -0.3 is 5.73 Å². The maximum absolute atomic E-state index is 5.92. The molecule has 2 aromatic rings. The number of hydrogen-bond acceptors (Lipinski definition) is 4. The van der Waals surface area contributed by atoms with Crippen molar-refractivity contribution in [2.24, 2.45) is 0 Å². The van der Waals surface area contributed by atoms with Gasteiger partial charge in [-0.3, -0.25) is 0 Å². The van der Waals surface area contributed by atoms with E-state index in [0.29, 0.717) is 5.82 Å². The van der Waals surface area contributed by atoms with Crippen molar-refractivity contribution in [2.45, 2.75) is 36.6 Å². The molecule has 0 unspecified atom stereocenters. The van der Waals surface area contributed by atoms with Gasteiger partial charge in [-0.05, 0) is 25.5 Å². The maximum Gasteiger partial charge on any atom is 0.131 e. The molecule has 0 spiro atoms. The van der Waals surface area contributed by atoms with Crippen molar-refractivity contribution in [1.29, 1.82) is 0 Å². The molecule has 0 aliphatic heterocycles. The normalized spacial score (nSPS) is 10.6. The zero-order valence-electron chi connectivity index (χ0n) is 10.7. The van der Waals surface area contributed by atoms with E-state index >= 15 is 0 Å². The molecule has 0 fully saturated rings. The summed E-state index contributed by atoms with van der Waals surface area (Å²) >= 11 is 1.65. The van der Waals surface area contributed by atoms with Gasteiger partial charge in [-0.1, -0.05) is 42.8 Å². The summed E-state index contributed by atoms with van der Waals surface area (Å²) < 4.78 is 0. The lowest BCUT2D eigenvalue weighted by molar-refractivity contribution is 0.861. The maximum atomic E-state index is 5.92. The number of hydrogen-bond donors (Lipinski definition) is 1. The van der Waals surface area contributed by atoms with Crippen LogP contribution in [-0.4, -0.2) is 9.97 Å². The lowest BCUT2D eigenvalue weighted by atomic mass is 10.2. The summed E-state index contributed by atoms with van der Waals surface area (Å²) in [5.41, 5.74) is 8.24. The van der Waals surface area contributed by atoms with Crippen LogP contribution in [-0.2, 0) is 6.42 Å². The second kappa shape index (κ2) is 5.87. The third kappa shape index (κ3) is 3.01. The molecule has 2 rings (SSSR count). The summed E-state index contributed by atoms with van der Waals surface area (Å²) in [5.74, 6) is 0.599. The fourth-order valence-electron chi connectivity index (χ4n) is 1.70. The molecular formula is C14H17N3S. The third-order valence-electron chi connectivity index (χ3n) is 2.67. The molecule has 18 heavy (non-hydrogen) atoms. The van der Waals surface area contributed by atoms with E-state index in [1.807, 2.05) is 0 Å². The molecule has 0 bridgehead atoms. The molecule has 4 heteroatoms. The summed E-state index contributed by atoms with van der Waals surface area (Å²) in [5, 5.41) is 0.966. The minimum atomic E-state index is 0.599. The summed E-state index contributed by atoms with van der Waals surface area (Å²) in [6.07, 6.45) is 3.49. The highest BCUT2D eigenvalue weighted by molar-refractivity contribution is 7.99. The monoisotopic (exact) mass is 259 g/mol. The summed E-state index contributed by atoms with van der Waals surface area (Å²) in [6, 6.07) is 8.42. The van der Waals surface area contributed by atoms with Crippen molar-refractivity contribution in [1.82, 2.24) is 9.97 Å². The van der Waals surface area contributed by atoms with E-state index in [1.54, 1.807) is 11.8 Å². The first-order valence-corrected chi connectivity index (χ1v) is 6.86. The molecule has 94 valence electrons. The van der Waals surface area contributed by atoms with Crippen LogP contribution in [0.4, 0.5) is 5.82 Å². The van der Waals surface area contributed by atoms with Crippen LogP contribution >= 0.6 is 11.8 Å². The van der Waals surface area contributed by atoms with Crippen molar-refractivity contribution in [2.75, 3.05) is 5.73 Å². The van der Waals surface area contributed by atoms with Crippen LogP contribution < -0.4 is 5.73 Å². The van der Waals surface area contributed by atoms with Gasteiger partial charge in [0.1, 0.15) is 17.2 Å². The lowest BCUT2D eigenvalue weighted by Gasteiger charge is -2.09. The standard InChI is InChI=1S/C14H17N3S/c1-3-4-12-13(15)16-9-17-14(12)18-11-7-5-10(2)6-8-11/h5-9H,3-4H2,1-2H3,(H2,15,16,17).